The van der Waals surface area contributed by atoms with E-state index in [1.807, 2.05) is 41.2 Å². The Hall–Kier alpha value is -2.57. The lowest BCUT2D eigenvalue weighted by Gasteiger charge is -2.40. The molecule has 0 radical (unpaired) electrons. The Kier molecular flexibility index (Phi) is 17.4. The zero-order chi connectivity index (χ0) is 43.4. The van der Waals surface area contributed by atoms with Gasteiger partial charge in [-0.25, -0.2) is 0 Å². The first-order chi connectivity index (χ1) is 29.3. The van der Waals surface area contributed by atoms with Gasteiger partial charge in [0.2, 0.25) is 11.8 Å². The second-order valence-electron chi connectivity index (χ2n) is 16.2. The van der Waals surface area contributed by atoms with Crippen LogP contribution in [-0.4, -0.2) is 124 Å². The van der Waals surface area contributed by atoms with E-state index in [0.717, 1.165) is 82.2 Å². The number of fused-ring (bicyclic) bond motifs is 4. The van der Waals surface area contributed by atoms with Gasteiger partial charge in [-0.3, -0.25) is 29.4 Å². The molecule has 3 unspecified atom stereocenters. The molecule has 4 aliphatic rings. The molecule has 0 saturated carbocycles. The van der Waals surface area contributed by atoms with Crippen LogP contribution in [0, 0.1) is 0 Å². The molecule has 2 saturated heterocycles. The van der Waals surface area contributed by atoms with Crippen molar-refractivity contribution in [2.45, 2.75) is 77.4 Å². The van der Waals surface area contributed by atoms with Crippen LogP contribution in [0.3, 0.4) is 0 Å². The van der Waals surface area contributed by atoms with Crippen LogP contribution in [0.2, 0.25) is 16.9 Å². The largest absolute Gasteiger partial charge is 0.437 e. The second kappa shape index (κ2) is 22.1. The minimum absolute atomic E-state index is 0. The number of carbonyl (C=O) groups is 2. The lowest BCUT2D eigenvalue weighted by molar-refractivity contribution is -0.135. The number of rotatable bonds is 8. The fourth-order valence-corrected chi connectivity index (χ4v) is 10.5. The highest BCUT2D eigenvalue weighted by Crippen LogP contribution is 2.40. The molecule has 2 amide bonds. The molecule has 2 aliphatic heterocycles. The minimum Gasteiger partial charge on any atom is -0.437 e. The number of piperazine rings is 2. The molecule has 2 aromatic heterocycles. The molecule has 4 atom stereocenters. The number of nitrogens with zero attached hydrogens (tertiary/aromatic N) is 6. The van der Waals surface area contributed by atoms with E-state index >= 15 is 0 Å². The van der Waals surface area contributed by atoms with Gasteiger partial charge in [0.05, 0.1) is 35.6 Å². The number of nitrogens with one attached hydrogen (secondary N) is 1. The van der Waals surface area contributed by atoms with E-state index in [1.54, 1.807) is 6.82 Å². The van der Waals surface area contributed by atoms with Gasteiger partial charge in [0.25, 0.3) is 0 Å². The number of nitrogens with two attached hydrogens (primary N) is 1. The summed E-state index contributed by atoms with van der Waals surface area (Å²) in [6.45, 7) is 9.31. The molecule has 2 aliphatic carbocycles. The summed E-state index contributed by atoms with van der Waals surface area (Å²) < 4.78 is 1.99. The van der Waals surface area contributed by atoms with Crippen molar-refractivity contribution in [3.63, 3.8) is 0 Å². The highest BCUT2D eigenvalue weighted by Gasteiger charge is 2.36. The van der Waals surface area contributed by atoms with E-state index in [-0.39, 0.29) is 37.4 Å². The van der Waals surface area contributed by atoms with E-state index in [4.69, 9.17) is 38.9 Å². The van der Waals surface area contributed by atoms with Gasteiger partial charge in [0.1, 0.15) is 0 Å². The number of hydrogen-bond donors (Lipinski definition) is 4. The Morgan fingerprint density at radius 1 is 0.774 bits per heavy atom. The molecule has 4 N–H and O–H groups in total. The Balaban J connectivity index is 0.000000204. The van der Waals surface area contributed by atoms with Crippen LogP contribution in [0.5, 0.6) is 0 Å². The van der Waals surface area contributed by atoms with E-state index < -0.39 is 13.1 Å². The lowest BCUT2D eigenvalue weighted by Crippen LogP contribution is -2.56. The number of amides is 2. The smallest absolute Gasteiger partial charge is 0.374 e. The van der Waals surface area contributed by atoms with E-state index in [9.17, 15) is 14.6 Å². The predicted octanol–water partition coefficient (Wildman–Crippen LogP) is 7.03. The average molecular weight is 1030 g/mol. The van der Waals surface area contributed by atoms with Gasteiger partial charge in [-0.15, -0.1) is 0 Å². The van der Waals surface area contributed by atoms with Crippen LogP contribution in [0.1, 0.15) is 77.6 Å². The molecule has 0 bridgehead atoms. The predicted molar refractivity (Wildman–Crippen MR) is 261 cm³/mol. The normalized spacial score (nSPS) is 19.8. The molecule has 2 aromatic carbocycles. The van der Waals surface area contributed by atoms with Crippen molar-refractivity contribution in [1.82, 2.24) is 34.8 Å². The Bertz CT molecular complexity index is 2110. The maximum absolute atomic E-state index is 13.0. The Morgan fingerprint density at radius 2 is 1.19 bits per heavy atom. The SMILES string of the molecule is C.CCC(NB(C)O)C(=O)N1CCN(C2c3ccc(Cl)cc3CCc3cc(Br)cnc32)CC1.N[C@@H](CS)C(=O)N1CCN(C2c3ccc(Cl)cc3CCc3cc(Br)cnc32)CC1. The number of pyridine rings is 2. The van der Waals surface area contributed by atoms with Crippen LogP contribution in [0.15, 0.2) is 69.9 Å². The zero-order valence-electron chi connectivity index (χ0n) is 34.5. The van der Waals surface area contributed by atoms with E-state index in [2.05, 4.69) is 95.9 Å². The number of halogens is 4. The number of benzene rings is 2. The van der Waals surface area contributed by atoms with Gasteiger partial charge in [-0.2, -0.15) is 12.6 Å². The maximum atomic E-state index is 13.0. The molecule has 2 fully saturated rings. The van der Waals surface area contributed by atoms with Crippen molar-refractivity contribution in [3.05, 3.63) is 125 Å². The fourth-order valence-electron chi connectivity index (χ4n) is 9.15. The summed E-state index contributed by atoms with van der Waals surface area (Å²) in [5, 5.41) is 14.1. The zero-order valence-corrected chi connectivity index (χ0v) is 40.1. The maximum Gasteiger partial charge on any atom is 0.374 e. The summed E-state index contributed by atoms with van der Waals surface area (Å²) in [4.78, 5) is 43.7. The molecular weight excluding hydrogens is 974 g/mol. The summed E-state index contributed by atoms with van der Waals surface area (Å²) in [5.74, 6) is 0.404. The Labute approximate surface area is 399 Å². The van der Waals surface area contributed by atoms with Gasteiger partial charge < -0.3 is 25.8 Å². The third-order valence-electron chi connectivity index (χ3n) is 12.2. The first-order valence-electron chi connectivity index (χ1n) is 21.1. The van der Waals surface area contributed by atoms with Gasteiger partial charge in [0.15, 0.2) is 0 Å². The monoisotopic (exact) mass is 1030 g/mol. The van der Waals surface area contributed by atoms with Crippen LogP contribution >= 0.6 is 67.7 Å². The van der Waals surface area contributed by atoms with Crippen molar-refractivity contribution >= 4 is 86.6 Å². The number of hydrogen-bond acceptors (Lipinski definition) is 10. The van der Waals surface area contributed by atoms with Crippen LogP contribution < -0.4 is 11.0 Å². The third-order valence-corrected chi connectivity index (χ3v) is 14.0. The van der Waals surface area contributed by atoms with Crippen molar-refractivity contribution in [1.29, 1.82) is 0 Å². The molecule has 8 rings (SSSR count). The van der Waals surface area contributed by atoms with Crippen LogP contribution in [0.25, 0.3) is 0 Å². The molecule has 0 spiro atoms. The molecule has 11 nitrogen and oxygen atoms in total. The molecule has 4 aromatic rings. The summed E-state index contributed by atoms with van der Waals surface area (Å²) in [7, 11) is -0.707. The minimum atomic E-state index is -0.707. The standard InChI is InChI=1S/C23H29BBrClN4O2.C21H24BrClN4OS.CH4/c1-3-20(28-24(2)32)23(31)30-10-8-29(9-11-30)22-19-7-6-18(26)13-15(19)4-5-16-12-17(25)14-27-21(16)22;22-15-9-14-2-1-13-10-16(23)3-4-17(13)20(19(14)25-11-15)26-5-7-27(8-6-26)21(28)18(24)12-29;/h6-7,12-14,20,22,28,32H,3-5,8-11H2,1-2H3;3-4,9-11,18,20,29H,1-2,5-8,12,24H2;1H4/t;18-,20?;/m.0./s1. The van der Waals surface area contributed by atoms with Crippen molar-refractivity contribution in [3.8, 4) is 0 Å². The van der Waals surface area contributed by atoms with Crippen molar-refractivity contribution in [2.75, 3.05) is 58.1 Å². The number of carbonyl (C=O) groups excluding carboxylic acids is 2. The summed E-state index contributed by atoms with van der Waals surface area (Å²) in [6.07, 6.45) is 8.12. The van der Waals surface area contributed by atoms with Crippen molar-refractivity contribution < 1.29 is 14.6 Å². The van der Waals surface area contributed by atoms with E-state index in [0.29, 0.717) is 38.4 Å². The lowest BCUT2D eigenvalue weighted by atomic mass is 9.86. The number of aryl methyl sites for hydroxylation is 4. The summed E-state index contributed by atoms with van der Waals surface area (Å²) in [6, 6.07) is 15.9. The van der Waals surface area contributed by atoms with Crippen molar-refractivity contribution in [2.24, 2.45) is 5.73 Å². The molecule has 4 heterocycles. The van der Waals surface area contributed by atoms with Crippen LogP contribution in [0.4, 0.5) is 0 Å². The topological polar surface area (TPSA) is 131 Å². The second-order valence-corrected chi connectivity index (χ2v) is 19.3. The van der Waals surface area contributed by atoms with Gasteiger partial charge in [-0.05, 0) is 141 Å². The van der Waals surface area contributed by atoms with Gasteiger partial charge >= 0.3 is 7.05 Å². The van der Waals surface area contributed by atoms with Gasteiger partial charge in [0, 0.05) is 89.5 Å². The first kappa shape index (κ1) is 48.9. The average Bonchev–Trinajstić information content (AvgIpc) is 3.52. The highest BCUT2D eigenvalue weighted by atomic mass is 79.9. The Morgan fingerprint density at radius 3 is 1.60 bits per heavy atom. The molecule has 62 heavy (non-hydrogen) atoms. The fraction of sp³-hybridized carbons (Fsp3) is 0.467. The quantitative estimate of drug-likeness (QED) is 0.109. The number of thiol groups is 1. The first-order valence-corrected chi connectivity index (χ1v) is 24.0. The highest BCUT2D eigenvalue weighted by molar-refractivity contribution is 9.10. The summed E-state index contributed by atoms with van der Waals surface area (Å²) >= 11 is 23.9. The third kappa shape index (κ3) is 11.3. The van der Waals surface area contributed by atoms with Crippen LogP contribution in [-0.2, 0) is 35.3 Å². The molecule has 17 heteroatoms. The van der Waals surface area contributed by atoms with E-state index in [1.165, 1.54) is 33.4 Å². The summed E-state index contributed by atoms with van der Waals surface area (Å²) in [5.41, 5.74) is 15.6. The number of aromatic nitrogens is 2. The van der Waals surface area contributed by atoms with Gasteiger partial charge in [-0.1, -0.05) is 49.7 Å². The molecule has 332 valence electrons. The molecular formula is C45H57BBr2Cl2N8O3S.